The van der Waals surface area contributed by atoms with E-state index in [0.29, 0.717) is 23.4 Å². The van der Waals surface area contributed by atoms with Crippen molar-refractivity contribution < 1.29 is 9.47 Å². The van der Waals surface area contributed by atoms with E-state index >= 15 is 0 Å². The molecule has 3 atom stereocenters. The van der Waals surface area contributed by atoms with Crippen LogP contribution in [0.3, 0.4) is 0 Å². The molecule has 2 N–H and O–H groups in total. The molecule has 10 heteroatoms. The Bertz CT molecular complexity index is 745. The maximum absolute atomic E-state index is 6.21. The van der Waals surface area contributed by atoms with Crippen molar-refractivity contribution in [2.24, 2.45) is 7.05 Å². The predicted molar refractivity (Wildman–Crippen MR) is 116 cm³/mol. The highest BCUT2D eigenvalue weighted by Gasteiger charge is 2.42. The Morgan fingerprint density at radius 1 is 1.36 bits per heavy atom. The number of ether oxygens (including phenoxy) is 2. The lowest BCUT2D eigenvalue weighted by Crippen LogP contribution is -2.34. The van der Waals surface area contributed by atoms with Gasteiger partial charge in [0.1, 0.15) is 11.1 Å². The third kappa shape index (κ3) is 5.73. The Kier molecular flexibility index (Phi) is 8.81. The summed E-state index contributed by atoms with van der Waals surface area (Å²) in [5, 5.41) is 11.0. The van der Waals surface area contributed by atoms with Crippen LogP contribution >= 0.6 is 23.4 Å². The molecule has 4 heterocycles. The molecular formula is C18H29ClN6O2S. The molecule has 2 aliphatic rings. The lowest BCUT2D eigenvalue weighted by Gasteiger charge is -2.19. The molecule has 2 aromatic heterocycles. The highest BCUT2D eigenvalue weighted by atomic mass is 35.5. The van der Waals surface area contributed by atoms with Crippen molar-refractivity contribution in [2.75, 3.05) is 35.9 Å². The van der Waals surface area contributed by atoms with E-state index in [4.69, 9.17) is 21.1 Å². The molecule has 8 nitrogen and oxygen atoms in total. The molecule has 0 spiro atoms. The van der Waals surface area contributed by atoms with Crippen LogP contribution in [0.25, 0.3) is 0 Å². The van der Waals surface area contributed by atoms with Gasteiger partial charge in [0.2, 0.25) is 5.95 Å². The van der Waals surface area contributed by atoms with E-state index in [1.54, 1.807) is 17.1 Å². The summed E-state index contributed by atoms with van der Waals surface area (Å²) in [6, 6.07) is 0.0427. The van der Waals surface area contributed by atoms with Crippen LogP contribution in [0, 0.1) is 0 Å². The second kappa shape index (κ2) is 10.8. The van der Waals surface area contributed by atoms with Crippen molar-refractivity contribution in [2.45, 2.75) is 39.0 Å². The largest absolute Gasteiger partial charge is 0.373 e. The molecule has 0 aromatic carbocycles. The first-order chi connectivity index (χ1) is 13.1. The fourth-order valence-electron chi connectivity index (χ4n) is 2.91. The van der Waals surface area contributed by atoms with Crippen molar-refractivity contribution in [3.05, 3.63) is 23.6 Å². The van der Waals surface area contributed by atoms with Gasteiger partial charge in [-0.2, -0.15) is 21.8 Å². The molecule has 0 saturated carbocycles. The normalized spacial score (nSPS) is 22.6. The molecule has 0 radical (unpaired) electrons. The third-order valence-electron chi connectivity index (χ3n) is 4.28. The first-order valence-electron chi connectivity index (χ1n) is 8.87. The van der Waals surface area contributed by atoms with E-state index in [9.17, 15) is 0 Å². The van der Waals surface area contributed by atoms with Crippen LogP contribution in [0.4, 0.5) is 17.5 Å². The fourth-order valence-corrected chi connectivity index (χ4v) is 3.06. The smallest absolute Gasteiger partial charge is 0.229 e. The van der Waals surface area contributed by atoms with Crippen molar-refractivity contribution in [1.82, 2.24) is 19.7 Å². The number of rotatable bonds is 5. The minimum atomic E-state index is 0. The molecule has 2 fully saturated rings. The van der Waals surface area contributed by atoms with Crippen molar-refractivity contribution >= 4 is 40.8 Å². The number of nitrogens with zero attached hydrogens (tertiary/aromatic N) is 4. The Hall–Kier alpha value is -1.55. The van der Waals surface area contributed by atoms with E-state index < -0.39 is 0 Å². The number of hydrogen-bond donors (Lipinski definition) is 2. The molecule has 156 valence electrons. The molecule has 0 aliphatic carbocycles. The lowest BCUT2D eigenvalue weighted by atomic mass is 10.1. The Balaban J connectivity index is 0.000000515. The molecule has 2 aliphatic heterocycles. The number of fused-ring (bicyclic) bond motifs is 1. The van der Waals surface area contributed by atoms with Crippen LogP contribution in [0.5, 0.6) is 0 Å². The van der Waals surface area contributed by atoms with Crippen LogP contribution in [-0.4, -0.2) is 63.2 Å². The minimum absolute atomic E-state index is 0. The zero-order valence-corrected chi connectivity index (χ0v) is 17.3. The molecule has 4 rings (SSSR count). The van der Waals surface area contributed by atoms with Gasteiger partial charge in [-0.15, -0.1) is 0 Å². The molecule has 28 heavy (non-hydrogen) atoms. The standard InChI is InChI=1S/C14H17ClN6O2.C3H8S.CH4/c1-21-6-8(4-17-21)18-14-16-5-9(15)13(20-14)19-10-7-23-11-2-3-22-12(10)11;1-3-4-2;/h4-6,10-12H,2-3,7H2,1H3,(H2,16,18,19,20);3H2,1-2H3;1H4. The summed E-state index contributed by atoms with van der Waals surface area (Å²) >= 11 is 8.07. The lowest BCUT2D eigenvalue weighted by molar-refractivity contribution is 0.0718. The molecule has 0 bridgehead atoms. The van der Waals surface area contributed by atoms with E-state index in [2.05, 4.69) is 38.9 Å². The number of thioether (sulfide) groups is 1. The Morgan fingerprint density at radius 3 is 2.82 bits per heavy atom. The Labute approximate surface area is 175 Å². The zero-order chi connectivity index (χ0) is 19.2. The van der Waals surface area contributed by atoms with Gasteiger partial charge in [-0.3, -0.25) is 4.68 Å². The van der Waals surface area contributed by atoms with Crippen molar-refractivity contribution in [3.63, 3.8) is 0 Å². The van der Waals surface area contributed by atoms with Crippen LogP contribution in [0.2, 0.25) is 5.02 Å². The quantitative estimate of drug-likeness (QED) is 0.747. The minimum Gasteiger partial charge on any atom is -0.373 e. The average molecular weight is 429 g/mol. The molecule has 0 amide bonds. The van der Waals surface area contributed by atoms with Gasteiger partial charge in [-0.1, -0.05) is 26.0 Å². The Morgan fingerprint density at radius 2 is 2.14 bits per heavy atom. The van der Waals surface area contributed by atoms with Gasteiger partial charge in [0.05, 0.1) is 36.8 Å². The monoisotopic (exact) mass is 428 g/mol. The van der Waals surface area contributed by atoms with Gasteiger partial charge in [-0.05, 0) is 18.4 Å². The first kappa shape index (κ1) is 22.7. The van der Waals surface area contributed by atoms with Gasteiger partial charge in [-0.25, -0.2) is 4.98 Å². The van der Waals surface area contributed by atoms with Gasteiger partial charge in [0, 0.05) is 19.9 Å². The number of aryl methyl sites for hydroxylation is 1. The number of nitrogens with one attached hydrogen (secondary N) is 2. The number of anilines is 3. The summed E-state index contributed by atoms with van der Waals surface area (Å²) < 4.78 is 13.2. The average Bonchev–Trinajstić information content (AvgIpc) is 3.37. The van der Waals surface area contributed by atoms with Gasteiger partial charge < -0.3 is 20.1 Å². The summed E-state index contributed by atoms with van der Waals surface area (Å²) in [4.78, 5) is 8.63. The summed E-state index contributed by atoms with van der Waals surface area (Å²) in [7, 11) is 1.85. The van der Waals surface area contributed by atoms with Crippen molar-refractivity contribution in [1.29, 1.82) is 0 Å². The van der Waals surface area contributed by atoms with Crippen LogP contribution in [0.15, 0.2) is 18.6 Å². The van der Waals surface area contributed by atoms with E-state index in [0.717, 1.165) is 18.7 Å². The predicted octanol–water partition coefficient (Wildman–Crippen LogP) is 3.58. The van der Waals surface area contributed by atoms with E-state index in [1.807, 2.05) is 25.0 Å². The fraction of sp³-hybridized carbons (Fsp3) is 0.611. The van der Waals surface area contributed by atoms with Crippen LogP contribution < -0.4 is 10.6 Å². The van der Waals surface area contributed by atoms with E-state index in [-0.39, 0.29) is 25.7 Å². The zero-order valence-electron chi connectivity index (χ0n) is 15.7. The number of hydrogen-bond acceptors (Lipinski definition) is 8. The summed E-state index contributed by atoms with van der Waals surface area (Å²) in [5.41, 5.74) is 0.809. The molecule has 2 aromatic rings. The third-order valence-corrected chi connectivity index (χ3v) is 5.14. The van der Waals surface area contributed by atoms with Gasteiger partial charge in [0.15, 0.2) is 5.82 Å². The van der Waals surface area contributed by atoms with Crippen LogP contribution in [0.1, 0.15) is 20.8 Å². The number of halogens is 1. The maximum atomic E-state index is 6.21. The number of aromatic nitrogens is 4. The summed E-state index contributed by atoms with van der Waals surface area (Å²) in [6.45, 7) is 3.46. The van der Waals surface area contributed by atoms with Crippen LogP contribution in [-0.2, 0) is 16.5 Å². The second-order valence-corrected chi connectivity index (χ2v) is 7.80. The van der Waals surface area contributed by atoms with Gasteiger partial charge in [0.25, 0.3) is 0 Å². The summed E-state index contributed by atoms with van der Waals surface area (Å²) in [6.07, 6.45) is 8.36. The van der Waals surface area contributed by atoms with E-state index in [1.165, 1.54) is 5.75 Å². The summed E-state index contributed by atoms with van der Waals surface area (Å²) in [5.74, 6) is 2.26. The molecule has 2 saturated heterocycles. The molecule has 3 unspecified atom stereocenters. The van der Waals surface area contributed by atoms with Crippen molar-refractivity contribution in [3.8, 4) is 0 Å². The van der Waals surface area contributed by atoms with Gasteiger partial charge >= 0.3 is 0 Å². The highest BCUT2D eigenvalue weighted by molar-refractivity contribution is 7.98. The topological polar surface area (TPSA) is 86.1 Å². The highest BCUT2D eigenvalue weighted by Crippen LogP contribution is 2.30. The SMILES string of the molecule is C.CCSC.Cn1cc(Nc2ncc(Cl)c(NC3COC4CCOC34)n2)cn1. The first-order valence-corrected chi connectivity index (χ1v) is 10.6. The second-order valence-electron chi connectivity index (χ2n) is 6.24. The maximum Gasteiger partial charge on any atom is 0.229 e. The molecular weight excluding hydrogens is 400 g/mol.